The molecule has 2 heterocycles. The van der Waals surface area contributed by atoms with Gasteiger partial charge in [-0.1, -0.05) is 18.2 Å². The third-order valence-electron chi connectivity index (χ3n) is 6.14. The number of rotatable bonds is 3. The molecule has 32 heavy (non-hydrogen) atoms. The maximum atomic E-state index is 13.0. The molecule has 2 aliphatic heterocycles. The Morgan fingerprint density at radius 2 is 1.84 bits per heavy atom. The van der Waals surface area contributed by atoms with Crippen LogP contribution in [0.4, 0.5) is 0 Å². The standard InChI is InChI=1S/C22H21NO9/c1-29-20-13-10(7-11-18(20)31-8-30-11)12-14(23-21(13)27)15(24)16(25)17(26)19(12)32-22(28)9-5-3-2-4-6-9/h2-7,12,14-17,19,24-26H,8H2,1H3,(H,23,27)/t12-,14-,15+,16+,17-,19-/m1/s1. The molecule has 2 aromatic carbocycles. The van der Waals surface area contributed by atoms with E-state index >= 15 is 0 Å². The number of aliphatic hydroxyl groups excluding tert-OH is 3. The number of benzene rings is 2. The van der Waals surface area contributed by atoms with Gasteiger partial charge in [-0.05, 0) is 23.8 Å². The summed E-state index contributed by atoms with van der Waals surface area (Å²) in [5.74, 6) is -1.47. The fraction of sp³-hybridized carbons (Fsp3) is 0.364. The SMILES string of the molecule is COc1c2c(cc3c1C(=O)N[C@H]1[C@H](O)[C@H](O)[C@@H](O)[C@H](OC(=O)c4ccccc4)[C@H]31)OCO2. The van der Waals surface area contributed by atoms with Crippen LogP contribution < -0.4 is 19.5 Å². The maximum absolute atomic E-state index is 13.0. The summed E-state index contributed by atoms with van der Waals surface area (Å²) < 4.78 is 22.0. The lowest BCUT2D eigenvalue weighted by atomic mass is 9.70. The number of hydrogen-bond donors (Lipinski definition) is 4. The van der Waals surface area contributed by atoms with E-state index in [0.717, 1.165) is 0 Å². The Balaban J connectivity index is 1.63. The summed E-state index contributed by atoms with van der Waals surface area (Å²) in [6.07, 6.45) is -6.05. The zero-order valence-electron chi connectivity index (χ0n) is 16.9. The lowest BCUT2D eigenvalue weighted by Crippen LogP contribution is -2.67. The molecule has 2 aromatic rings. The van der Waals surface area contributed by atoms with Crippen molar-refractivity contribution in [1.82, 2.24) is 5.32 Å². The van der Waals surface area contributed by atoms with E-state index in [4.69, 9.17) is 18.9 Å². The summed E-state index contributed by atoms with van der Waals surface area (Å²) >= 11 is 0. The maximum Gasteiger partial charge on any atom is 0.338 e. The molecule has 10 heteroatoms. The molecule has 6 atom stereocenters. The Morgan fingerprint density at radius 1 is 1.09 bits per heavy atom. The Hall–Kier alpha value is -3.34. The van der Waals surface area contributed by atoms with Crippen LogP contribution in [0.1, 0.15) is 32.2 Å². The smallest absolute Gasteiger partial charge is 0.338 e. The minimum atomic E-state index is -1.65. The van der Waals surface area contributed by atoms with Crippen LogP contribution in [0, 0.1) is 0 Å². The van der Waals surface area contributed by atoms with Crippen molar-refractivity contribution in [1.29, 1.82) is 0 Å². The van der Waals surface area contributed by atoms with E-state index in [9.17, 15) is 24.9 Å². The van der Waals surface area contributed by atoms with Crippen molar-refractivity contribution in [3.05, 3.63) is 53.1 Å². The molecule has 1 saturated carbocycles. The molecule has 3 aliphatic rings. The van der Waals surface area contributed by atoms with Crippen LogP contribution in [0.2, 0.25) is 0 Å². The van der Waals surface area contributed by atoms with Crippen LogP contribution in [-0.4, -0.2) is 71.6 Å². The second kappa shape index (κ2) is 7.66. The molecule has 168 valence electrons. The highest BCUT2D eigenvalue weighted by atomic mass is 16.7. The van der Waals surface area contributed by atoms with Crippen molar-refractivity contribution < 1.29 is 43.9 Å². The molecule has 5 rings (SSSR count). The largest absolute Gasteiger partial charge is 0.492 e. The molecular weight excluding hydrogens is 422 g/mol. The average Bonchev–Trinajstić information content (AvgIpc) is 3.28. The van der Waals surface area contributed by atoms with Crippen LogP contribution >= 0.6 is 0 Å². The summed E-state index contributed by atoms with van der Waals surface area (Å²) in [5.41, 5.74) is 0.713. The monoisotopic (exact) mass is 443 g/mol. The van der Waals surface area contributed by atoms with Crippen molar-refractivity contribution in [2.45, 2.75) is 36.4 Å². The Bertz CT molecular complexity index is 1070. The van der Waals surface area contributed by atoms with Crippen LogP contribution in [0.3, 0.4) is 0 Å². The minimum Gasteiger partial charge on any atom is -0.492 e. The van der Waals surface area contributed by atoms with Gasteiger partial charge in [-0.3, -0.25) is 4.79 Å². The number of fused-ring (bicyclic) bond motifs is 4. The number of esters is 1. The van der Waals surface area contributed by atoms with Gasteiger partial charge in [0.15, 0.2) is 11.5 Å². The van der Waals surface area contributed by atoms with E-state index in [0.29, 0.717) is 11.3 Å². The highest BCUT2D eigenvalue weighted by Gasteiger charge is 2.56. The van der Waals surface area contributed by atoms with E-state index in [1.807, 2.05) is 0 Å². The average molecular weight is 443 g/mol. The van der Waals surface area contributed by atoms with Crippen molar-refractivity contribution in [3.63, 3.8) is 0 Å². The third-order valence-corrected chi connectivity index (χ3v) is 6.14. The number of hydrogen-bond acceptors (Lipinski definition) is 9. The fourth-order valence-corrected chi connectivity index (χ4v) is 4.64. The summed E-state index contributed by atoms with van der Waals surface area (Å²) in [6, 6.07) is 8.69. The molecular formula is C22H21NO9. The summed E-state index contributed by atoms with van der Waals surface area (Å²) in [4.78, 5) is 25.7. The number of aliphatic hydroxyl groups is 3. The Labute approximate surface area is 182 Å². The summed E-state index contributed by atoms with van der Waals surface area (Å²) in [5, 5.41) is 34.5. The molecule has 1 fully saturated rings. The first-order valence-corrected chi connectivity index (χ1v) is 10.0. The molecule has 0 unspecified atom stereocenters. The van der Waals surface area contributed by atoms with Crippen LogP contribution in [-0.2, 0) is 4.74 Å². The van der Waals surface area contributed by atoms with Crippen molar-refractivity contribution >= 4 is 11.9 Å². The molecule has 0 radical (unpaired) electrons. The lowest BCUT2D eigenvalue weighted by Gasteiger charge is -2.48. The van der Waals surface area contributed by atoms with Gasteiger partial charge in [0.25, 0.3) is 5.91 Å². The van der Waals surface area contributed by atoms with Gasteiger partial charge in [0.05, 0.1) is 24.3 Å². The van der Waals surface area contributed by atoms with E-state index in [1.165, 1.54) is 7.11 Å². The van der Waals surface area contributed by atoms with Crippen molar-refractivity contribution in [2.75, 3.05) is 13.9 Å². The fourth-order valence-electron chi connectivity index (χ4n) is 4.64. The number of ether oxygens (including phenoxy) is 4. The van der Waals surface area contributed by atoms with Crippen LogP contribution in [0.25, 0.3) is 0 Å². The van der Waals surface area contributed by atoms with Gasteiger partial charge in [0.2, 0.25) is 12.5 Å². The number of methoxy groups -OCH3 is 1. The van der Waals surface area contributed by atoms with Crippen molar-refractivity contribution in [2.24, 2.45) is 0 Å². The van der Waals surface area contributed by atoms with Gasteiger partial charge in [0.1, 0.15) is 24.4 Å². The third kappa shape index (κ3) is 2.99. The van der Waals surface area contributed by atoms with E-state index in [-0.39, 0.29) is 29.4 Å². The molecule has 0 aromatic heterocycles. The van der Waals surface area contributed by atoms with Gasteiger partial charge in [-0.2, -0.15) is 0 Å². The second-order valence-corrected chi connectivity index (χ2v) is 7.84. The molecule has 1 amide bonds. The zero-order valence-corrected chi connectivity index (χ0v) is 16.9. The number of nitrogens with one attached hydrogen (secondary N) is 1. The lowest BCUT2D eigenvalue weighted by molar-refractivity contribution is -0.157. The van der Waals surface area contributed by atoms with Gasteiger partial charge in [-0.15, -0.1) is 0 Å². The Kier molecular flexibility index (Phi) is 4.92. The molecule has 0 saturated heterocycles. The van der Waals surface area contributed by atoms with Crippen LogP contribution in [0.5, 0.6) is 17.2 Å². The predicted molar refractivity (Wildman–Crippen MR) is 107 cm³/mol. The molecule has 0 bridgehead atoms. The highest BCUT2D eigenvalue weighted by molar-refractivity contribution is 6.02. The van der Waals surface area contributed by atoms with E-state index < -0.39 is 48.3 Å². The molecule has 4 N–H and O–H groups in total. The summed E-state index contributed by atoms with van der Waals surface area (Å²) in [6.45, 7) is -0.0688. The second-order valence-electron chi connectivity index (χ2n) is 7.84. The number of carbonyl (C=O) groups excluding carboxylic acids is 2. The minimum absolute atomic E-state index is 0.0688. The molecule has 0 spiro atoms. The molecule has 10 nitrogen and oxygen atoms in total. The van der Waals surface area contributed by atoms with Crippen molar-refractivity contribution in [3.8, 4) is 17.2 Å². The normalized spacial score (nSPS) is 30.1. The van der Waals surface area contributed by atoms with Gasteiger partial charge >= 0.3 is 5.97 Å². The topological polar surface area (TPSA) is 144 Å². The quantitative estimate of drug-likeness (QED) is 0.480. The van der Waals surface area contributed by atoms with Crippen LogP contribution in [0.15, 0.2) is 36.4 Å². The Morgan fingerprint density at radius 3 is 2.56 bits per heavy atom. The first kappa shape index (κ1) is 20.6. The summed E-state index contributed by atoms with van der Waals surface area (Å²) in [7, 11) is 1.37. The first-order valence-electron chi connectivity index (χ1n) is 10.0. The zero-order chi connectivity index (χ0) is 22.6. The predicted octanol–water partition coefficient (Wildman–Crippen LogP) is -0.0586. The van der Waals surface area contributed by atoms with E-state index in [1.54, 1.807) is 36.4 Å². The molecule has 1 aliphatic carbocycles. The van der Waals surface area contributed by atoms with E-state index in [2.05, 4.69) is 5.32 Å². The van der Waals surface area contributed by atoms with Gasteiger partial charge in [-0.25, -0.2) is 4.79 Å². The van der Waals surface area contributed by atoms with Gasteiger partial charge in [0, 0.05) is 5.92 Å². The first-order chi connectivity index (χ1) is 15.4. The highest BCUT2D eigenvalue weighted by Crippen LogP contribution is 2.51. The number of amides is 1. The number of carbonyl (C=O) groups is 2. The van der Waals surface area contributed by atoms with Gasteiger partial charge < -0.3 is 39.6 Å².